The summed E-state index contributed by atoms with van der Waals surface area (Å²) in [4.78, 5) is 71.7. The van der Waals surface area contributed by atoms with Crippen LogP contribution in [0.4, 0.5) is 16.2 Å². The van der Waals surface area contributed by atoms with Crippen LogP contribution in [0.5, 0.6) is 0 Å². The fraction of sp³-hybridized carbons (Fsp3) is 0.326. The summed E-state index contributed by atoms with van der Waals surface area (Å²) in [5, 5.41) is 2.33. The van der Waals surface area contributed by atoms with E-state index >= 15 is 0 Å². The molecule has 286 valence electrons. The maximum absolute atomic E-state index is 14.7. The first-order chi connectivity index (χ1) is 26.3. The zero-order chi connectivity index (χ0) is 39.5. The zero-order valence-corrected chi connectivity index (χ0v) is 34.5. The third-order valence-electron chi connectivity index (χ3n) is 10.9. The Morgan fingerprint density at radius 1 is 0.800 bits per heavy atom. The van der Waals surface area contributed by atoms with E-state index in [1.165, 1.54) is 16.7 Å². The molecular weight excluding hydrogens is 727 g/mol. The Hall–Kier alpha value is -5.20. The van der Waals surface area contributed by atoms with Gasteiger partial charge in [0.1, 0.15) is 21.1 Å². The molecule has 4 aromatic rings. The molecule has 1 unspecified atom stereocenters. The molecule has 0 radical (unpaired) electrons. The minimum Gasteiger partial charge on any atom is -0.359 e. The minimum atomic E-state index is -1.21. The van der Waals surface area contributed by atoms with Crippen LogP contribution in [0.1, 0.15) is 58.2 Å². The van der Waals surface area contributed by atoms with Gasteiger partial charge in [-0.15, -0.1) is 11.8 Å². The van der Waals surface area contributed by atoms with E-state index < -0.39 is 43.7 Å². The number of amides is 6. The lowest BCUT2D eigenvalue weighted by atomic mass is 9.84. The second-order valence-electron chi connectivity index (χ2n) is 15.2. The highest BCUT2D eigenvalue weighted by atomic mass is 32.2. The quantitative estimate of drug-likeness (QED) is 0.0811. The molecule has 2 saturated heterocycles. The van der Waals surface area contributed by atoms with E-state index in [0.29, 0.717) is 12.2 Å². The Labute approximate surface area is 330 Å². The van der Waals surface area contributed by atoms with Gasteiger partial charge in [-0.3, -0.25) is 29.0 Å². The highest BCUT2D eigenvalue weighted by Gasteiger charge is 2.56. The normalized spacial score (nSPS) is 18.4. The molecule has 0 spiro atoms. The number of para-hydroxylation sites is 2. The number of β-lactam (4-membered cyclic amide) rings is 1. The van der Waals surface area contributed by atoms with Crippen LogP contribution in [0.15, 0.2) is 115 Å². The van der Waals surface area contributed by atoms with Crippen molar-refractivity contribution in [2.24, 2.45) is 5.41 Å². The average molecular weight is 776 g/mol. The SMILES string of the molecule is CCN1CCN(C(=O)Nc2ccccc2N(C(C)=O)[C@@H]2C(=O)N([SiH2]C(C)C(C)(C)C)[C@@H]2SC(c2ccccc2)(c2ccccc2)c2ccccc2)C(=O)C1=O. The van der Waals surface area contributed by atoms with Crippen molar-refractivity contribution in [2.75, 3.05) is 29.9 Å². The van der Waals surface area contributed by atoms with Gasteiger partial charge in [0.2, 0.25) is 11.8 Å². The van der Waals surface area contributed by atoms with E-state index in [1.54, 1.807) is 43.0 Å². The van der Waals surface area contributed by atoms with Crippen molar-refractivity contribution in [2.45, 2.75) is 63.2 Å². The molecule has 2 heterocycles. The van der Waals surface area contributed by atoms with Crippen molar-refractivity contribution >= 4 is 62.5 Å². The third-order valence-corrected chi connectivity index (χ3v) is 15.8. The van der Waals surface area contributed by atoms with Crippen LogP contribution in [0, 0.1) is 5.41 Å². The molecule has 2 aliphatic heterocycles. The van der Waals surface area contributed by atoms with Crippen LogP contribution in [0.25, 0.3) is 0 Å². The standard InChI is InChI=1S/C43H49N5O5SSi/c1-7-45-27-28-46(39(52)38(45)51)41(53)44-34-25-17-18-26-35(34)47(30(3)49)36-37(50)48(55-29(2)42(4,5)6)40(36)54-43(31-19-11-8-12-20-31,32-21-13-9-14-22-32)33-23-15-10-16-24-33/h8-26,29,36,40H,7,27-28,55H2,1-6H3,(H,44,53)/t29?,36-,40-/m1/s1. The number of piperazine rings is 1. The van der Waals surface area contributed by atoms with Gasteiger partial charge >= 0.3 is 17.8 Å². The summed E-state index contributed by atoms with van der Waals surface area (Å²) >= 11 is 1.66. The van der Waals surface area contributed by atoms with E-state index in [2.05, 4.69) is 69.4 Å². The van der Waals surface area contributed by atoms with Gasteiger partial charge in [-0.2, -0.15) is 0 Å². The van der Waals surface area contributed by atoms with Gasteiger partial charge < -0.3 is 14.8 Å². The van der Waals surface area contributed by atoms with Crippen LogP contribution < -0.4 is 10.2 Å². The maximum Gasteiger partial charge on any atom is 0.329 e. The molecule has 0 bridgehead atoms. The smallest absolute Gasteiger partial charge is 0.329 e. The summed E-state index contributed by atoms with van der Waals surface area (Å²) in [7, 11) is -1.21. The van der Waals surface area contributed by atoms with Crippen molar-refractivity contribution in [3.63, 3.8) is 0 Å². The number of imide groups is 1. The fourth-order valence-corrected chi connectivity index (χ4v) is 11.4. The van der Waals surface area contributed by atoms with E-state index in [0.717, 1.165) is 21.6 Å². The first kappa shape index (κ1) is 39.5. The largest absolute Gasteiger partial charge is 0.359 e. The lowest BCUT2D eigenvalue weighted by Gasteiger charge is -2.55. The minimum absolute atomic E-state index is 0.0365. The number of hydrogen-bond acceptors (Lipinski definition) is 6. The second-order valence-corrected chi connectivity index (χ2v) is 18.8. The number of anilines is 2. The molecule has 2 aliphatic rings. The van der Waals surface area contributed by atoms with Gasteiger partial charge in [0.15, 0.2) is 0 Å². The van der Waals surface area contributed by atoms with Crippen molar-refractivity contribution in [1.82, 2.24) is 14.4 Å². The molecule has 12 heteroatoms. The van der Waals surface area contributed by atoms with Crippen LogP contribution in [0.3, 0.4) is 0 Å². The summed E-state index contributed by atoms with van der Waals surface area (Å²) in [6.07, 6.45) is 0. The highest BCUT2D eigenvalue weighted by molar-refractivity contribution is 8.01. The number of nitrogens with one attached hydrogen (secondary N) is 1. The molecule has 1 N–H and O–H groups in total. The molecule has 2 fully saturated rings. The summed E-state index contributed by atoms with van der Waals surface area (Å²) in [6.45, 7) is 12.6. The Bertz CT molecular complexity index is 1950. The van der Waals surface area contributed by atoms with E-state index in [-0.39, 0.29) is 41.5 Å². The molecule has 10 nitrogen and oxygen atoms in total. The Balaban J connectivity index is 1.46. The number of urea groups is 1. The van der Waals surface area contributed by atoms with Gasteiger partial charge in [-0.1, -0.05) is 131 Å². The predicted molar refractivity (Wildman–Crippen MR) is 221 cm³/mol. The Morgan fingerprint density at radius 2 is 1.31 bits per heavy atom. The summed E-state index contributed by atoms with van der Waals surface area (Å²) < 4.78 is 1.25. The van der Waals surface area contributed by atoms with Crippen molar-refractivity contribution in [1.29, 1.82) is 0 Å². The molecule has 0 aliphatic carbocycles. The molecule has 0 aromatic heterocycles. The summed E-state index contributed by atoms with van der Waals surface area (Å²) in [6, 6.07) is 35.9. The number of benzene rings is 4. The number of likely N-dealkylation sites (N-methyl/N-ethyl adjacent to an activating group) is 1. The lowest BCUT2D eigenvalue weighted by Crippen LogP contribution is -2.72. The van der Waals surface area contributed by atoms with Crippen LogP contribution in [-0.4, -0.2) is 84.8 Å². The van der Waals surface area contributed by atoms with E-state index in [1.807, 2.05) is 59.2 Å². The van der Waals surface area contributed by atoms with E-state index in [9.17, 15) is 24.0 Å². The number of carbonyl (C=O) groups is 5. The maximum atomic E-state index is 14.7. The Kier molecular flexibility index (Phi) is 11.7. The highest BCUT2D eigenvalue weighted by Crippen LogP contribution is 2.54. The first-order valence-corrected chi connectivity index (χ1v) is 21.1. The predicted octanol–water partition coefficient (Wildman–Crippen LogP) is 6.46. The van der Waals surface area contributed by atoms with Gasteiger partial charge in [0, 0.05) is 26.6 Å². The van der Waals surface area contributed by atoms with Crippen molar-refractivity contribution in [3.05, 3.63) is 132 Å². The molecule has 4 aromatic carbocycles. The van der Waals surface area contributed by atoms with E-state index in [4.69, 9.17) is 0 Å². The van der Waals surface area contributed by atoms with Gasteiger partial charge in [0.05, 0.1) is 16.1 Å². The topological polar surface area (TPSA) is 110 Å². The summed E-state index contributed by atoms with van der Waals surface area (Å²) in [5.41, 5.74) is 3.89. The number of carbonyl (C=O) groups excluding carboxylic acids is 5. The number of rotatable bonds is 11. The van der Waals surface area contributed by atoms with Gasteiger partial charge in [-0.25, -0.2) is 4.79 Å². The molecular formula is C43H49N5O5SSi. The third kappa shape index (κ3) is 7.70. The van der Waals surface area contributed by atoms with Gasteiger partial charge in [0.25, 0.3) is 0 Å². The van der Waals surface area contributed by atoms with Crippen LogP contribution >= 0.6 is 11.8 Å². The fourth-order valence-electron chi connectivity index (χ4n) is 7.20. The monoisotopic (exact) mass is 775 g/mol. The second kappa shape index (κ2) is 16.3. The first-order valence-electron chi connectivity index (χ1n) is 18.7. The molecule has 6 rings (SSSR count). The van der Waals surface area contributed by atoms with Crippen molar-refractivity contribution < 1.29 is 24.0 Å². The van der Waals surface area contributed by atoms with Crippen LogP contribution in [-0.2, 0) is 23.9 Å². The molecule has 0 saturated carbocycles. The molecule has 6 amide bonds. The van der Waals surface area contributed by atoms with Crippen molar-refractivity contribution in [3.8, 4) is 0 Å². The Morgan fingerprint density at radius 3 is 1.80 bits per heavy atom. The summed E-state index contributed by atoms with van der Waals surface area (Å²) in [5.74, 6) is -2.17. The van der Waals surface area contributed by atoms with Crippen LogP contribution in [0.2, 0.25) is 5.54 Å². The zero-order valence-electron chi connectivity index (χ0n) is 32.3. The lowest BCUT2D eigenvalue weighted by molar-refractivity contribution is -0.153. The molecule has 55 heavy (non-hydrogen) atoms. The number of hydrogen-bond donors (Lipinski definition) is 1. The average Bonchev–Trinajstić information content (AvgIpc) is 3.18. The van der Waals surface area contributed by atoms with Gasteiger partial charge in [-0.05, 0) is 46.7 Å². The molecule has 3 atom stereocenters. The number of nitrogens with zero attached hydrogens (tertiary/aromatic N) is 4. The number of thioether (sulfide) groups is 1.